The zero-order valence-corrected chi connectivity index (χ0v) is 15.0. The molecule has 2 heterocycles. The van der Waals surface area contributed by atoms with Gasteiger partial charge < -0.3 is 19.7 Å². The van der Waals surface area contributed by atoms with Crippen molar-refractivity contribution in [3.8, 4) is 28.5 Å². The van der Waals surface area contributed by atoms with Crippen molar-refractivity contribution in [1.29, 1.82) is 0 Å². The van der Waals surface area contributed by atoms with Crippen LogP contribution in [0.3, 0.4) is 0 Å². The number of carbonyl (C=O) groups excluding carboxylic acids is 1. The van der Waals surface area contributed by atoms with Gasteiger partial charge in [0.25, 0.3) is 5.88 Å². The largest absolute Gasteiger partial charge is 0.478 e. The van der Waals surface area contributed by atoms with Crippen molar-refractivity contribution in [2.75, 3.05) is 7.11 Å². The fraction of sp³-hybridized carbons (Fsp3) is 0.211. The fourth-order valence-corrected chi connectivity index (χ4v) is 2.67. The van der Waals surface area contributed by atoms with Crippen molar-refractivity contribution in [1.82, 2.24) is 10.1 Å². The van der Waals surface area contributed by atoms with Crippen molar-refractivity contribution < 1.29 is 18.8 Å². The number of carbonyl (C=O) groups is 1. The first-order chi connectivity index (χ1) is 12.4. The van der Waals surface area contributed by atoms with Gasteiger partial charge in [-0.05, 0) is 44.5 Å². The summed E-state index contributed by atoms with van der Waals surface area (Å²) in [6.07, 6.45) is 1.67. The van der Waals surface area contributed by atoms with E-state index >= 15 is 0 Å². The number of pyridine rings is 1. The van der Waals surface area contributed by atoms with Gasteiger partial charge in [-0.25, -0.2) is 4.98 Å². The number of benzene rings is 1. The summed E-state index contributed by atoms with van der Waals surface area (Å²) in [6, 6.07) is 6.82. The Balaban J connectivity index is 2.06. The lowest BCUT2D eigenvalue weighted by Gasteiger charge is -2.13. The Labute approximate surface area is 150 Å². The Hall–Kier alpha value is -3.35. The zero-order chi connectivity index (χ0) is 18.8. The summed E-state index contributed by atoms with van der Waals surface area (Å²) in [5, 5.41) is 3.97. The number of hydrogen-bond acceptors (Lipinski definition) is 6. The van der Waals surface area contributed by atoms with Crippen LogP contribution in [0.25, 0.3) is 11.1 Å². The van der Waals surface area contributed by atoms with E-state index in [0.717, 1.165) is 22.4 Å². The van der Waals surface area contributed by atoms with Crippen LogP contribution in [0, 0.1) is 20.8 Å². The number of rotatable bonds is 5. The van der Waals surface area contributed by atoms with Crippen molar-refractivity contribution in [3.63, 3.8) is 0 Å². The monoisotopic (exact) mass is 353 g/mol. The van der Waals surface area contributed by atoms with Crippen molar-refractivity contribution in [2.24, 2.45) is 5.73 Å². The first-order valence-electron chi connectivity index (χ1n) is 7.96. The van der Waals surface area contributed by atoms with Crippen LogP contribution < -0.4 is 15.2 Å². The van der Waals surface area contributed by atoms with Gasteiger partial charge in [-0.1, -0.05) is 11.2 Å². The maximum Gasteiger partial charge on any atom is 0.257 e. The van der Waals surface area contributed by atoms with E-state index in [9.17, 15) is 4.79 Å². The molecule has 3 rings (SSSR count). The number of primary amides is 1. The van der Waals surface area contributed by atoms with E-state index in [1.165, 1.54) is 7.11 Å². The fourth-order valence-electron chi connectivity index (χ4n) is 2.67. The highest BCUT2D eigenvalue weighted by molar-refractivity contribution is 5.93. The van der Waals surface area contributed by atoms with E-state index in [1.807, 2.05) is 20.8 Å². The number of nitrogens with two attached hydrogens (primary N) is 1. The van der Waals surface area contributed by atoms with Gasteiger partial charge in [-0.2, -0.15) is 0 Å². The van der Waals surface area contributed by atoms with Crippen LogP contribution in [0.1, 0.15) is 27.4 Å². The Kier molecular flexibility index (Phi) is 4.62. The van der Waals surface area contributed by atoms with Crippen molar-refractivity contribution in [2.45, 2.75) is 20.8 Å². The van der Waals surface area contributed by atoms with Gasteiger partial charge in [0.15, 0.2) is 5.75 Å². The van der Waals surface area contributed by atoms with Crippen LogP contribution in [-0.4, -0.2) is 23.2 Å². The van der Waals surface area contributed by atoms with Gasteiger partial charge in [0.2, 0.25) is 5.91 Å². The van der Waals surface area contributed by atoms with Crippen LogP contribution in [0.4, 0.5) is 0 Å². The molecule has 0 aliphatic carbocycles. The van der Waals surface area contributed by atoms with Crippen LogP contribution in [0.5, 0.6) is 17.4 Å². The minimum atomic E-state index is -0.524. The summed E-state index contributed by atoms with van der Waals surface area (Å²) in [6.45, 7) is 5.57. The van der Waals surface area contributed by atoms with Crippen LogP contribution in [-0.2, 0) is 0 Å². The zero-order valence-electron chi connectivity index (χ0n) is 15.0. The summed E-state index contributed by atoms with van der Waals surface area (Å²) < 4.78 is 16.5. The normalized spacial score (nSPS) is 10.6. The highest BCUT2D eigenvalue weighted by Gasteiger charge is 2.17. The van der Waals surface area contributed by atoms with E-state index in [0.29, 0.717) is 28.7 Å². The second kappa shape index (κ2) is 6.87. The van der Waals surface area contributed by atoms with Crippen molar-refractivity contribution >= 4 is 5.91 Å². The van der Waals surface area contributed by atoms with Gasteiger partial charge in [-0.15, -0.1) is 0 Å². The van der Waals surface area contributed by atoms with E-state index < -0.39 is 5.91 Å². The predicted octanol–water partition coefficient (Wildman–Crippen LogP) is 3.56. The lowest BCUT2D eigenvalue weighted by molar-refractivity contribution is 0.1000. The molecule has 134 valence electrons. The maximum atomic E-state index is 11.4. The molecule has 0 aliphatic heterocycles. The molecule has 2 aromatic heterocycles. The third-order valence-electron chi connectivity index (χ3n) is 4.03. The second-order valence-corrected chi connectivity index (χ2v) is 5.88. The van der Waals surface area contributed by atoms with Crippen molar-refractivity contribution in [3.05, 3.63) is 53.0 Å². The Morgan fingerprint density at radius 1 is 1.15 bits per heavy atom. The Bertz CT molecular complexity index is 959. The number of nitrogens with zero attached hydrogens (tertiary/aromatic N) is 2. The molecule has 0 saturated carbocycles. The first-order valence-corrected chi connectivity index (χ1v) is 7.96. The smallest absolute Gasteiger partial charge is 0.257 e. The molecule has 0 atom stereocenters. The summed E-state index contributed by atoms with van der Waals surface area (Å²) in [7, 11) is 1.51. The molecule has 0 bridgehead atoms. The topological polar surface area (TPSA) is 100 Å². The Morgan fingerprint density at radius 2 is 1.92 bits per heavy atom. The highest BCUT2D eigenvalue weighted by Crippen LogP contribution is 2.36. The maximum absolute atomic E-state index is 11.4. The molecule has 7 heteroatoms. The molecular formula is C19H19N3O4. The molecule has 1 aromatic carbocycles. The molecule has 7 nitrogen and oxygen atoms in total. The summed E-state index contributed by atoms with van der Waals surface area (Å²) in [5.41, 5.74) is 8.97. The average Bonchev–Trinajstić information content (AvgIpc) is 2.95. The van der Waals surface area contributed by atoms with E-state index in [4.69, 9.17) is 19.7 Å². The van der Waals surface area contributed by atoms with Gasteiger partial charge in [-0.3, -0.25) is 4.79 Å². The standard InChI is InChI=1S/C19H19N3O4/c1-10-5-6-13(18(20)23)7-15(10)25-16-8-14(9-21-19(16)24-4)17-11(2)22-26-12(17)3/h5-9H,1-4H3,(H2,20,23). The second-order valence-electron chi connectivity index (χ2n) is 5.88. The molecule has 1 amide bonds. The van der Waals surface area contributed by atoms with Gasteiger partial charge in [0.05, 0.1) is 12.8 Å². The number of methoxy groups -OCH3 is 1. The lowest BCUT2D eigenvalue weighted by Crippen LogP contribution is -2.11. The molecule has 0 fully saturated rings. The minimum Gasteiger partial charge on any atom is -0.478 e. The third-order valence-corrected chi connectivity index (χ3v) is 4.03. The summed E-state index contributed by atoms with van der Waals surface area (Å²) in [4.78, 5) is 15.7. The Morgan fingerprint density at radius 3 is 2.54 bits per heavy atom. The van der Waals surface area contributed by atoms with Crippen LogP contribution in [0.15, 0.2) is 35.0 Å². The summed E-state index contributed by atoms with van der Waals surface area (Å²) >= 11 is 0. The van der Waals surface area contributed by atoms with E-state index in [2.05, 4.69) is 10.1 Å². The molecule has 0 aliphatic rings. The molecular weight excluding hydrogens is 334 g/mol. The molecule has 0 unspecified atom stereocenters. The first kappa shape index (κ1) is 17.5. The number of aryl methyl sites for hydroxylation is 3. The van der Waals surface area contributed by atoms with Gasteiger partial charge >= 0.3 is 0 Å². The van der Waals surface area contributed by atoms with Gasteiger partial charge in [0.1, 0.15) is 11.5 Å². The quantitative estimate of drug-likeness (QED) is 0.752. The number of hydrogen-bond donors (Lipinski definition) is 1. The SMILES string of the molecule is COc1ncc(-c2c(C)noc2C)cc1Oc1cc(C(N)=O)ccc1C. The minimum absolute atomic E-state index is 0.324. The average molecular weight is 353 g/mol. The highest BCUT2D eigenvalue weighted by atomic mass is 16.5. The molecule has 2 N–H and O–H groups in total. The van der Waals surface area contributed by atoms with Gasteiger partial charge in [0, 0.05) is 22.9 Å². The number of amides is 1. The lowest BCUT2D eigenvalue weighted by atomic mass is 10.1. The molecule has 26 heavy (non-hydrogen) atoms. The van der Waals surface area contributed by atoms with Crippen LogP contribution in [0.2, 0.25) is 0 Å². The molecule has 0 spiro atoms. The molecule has 0 saturated heterocycles. The molecule has 3 aromatic rings. The predicted molar refractivity (Wildman–Crippen MR) is 95.5 cm³/mol. The summed E-state index contributed by atoms with van der Waals surface area (Å²) in [5.74, 6) is 1.40. The van der Waals surface area contributed by atoms with E-state index in [-0.39, 0.29) is 0 Å². The van der Waals surface area contributed by atoms with E-state index in [1.54, 1.807) is 30.5 Å². The molecule has 0 radical (unpaired) electrons. The number of ether oxygens (including phenoxy) is 2. The van der Waals surface area contributed by atoms with Crippen LogP contribution >= 0.6 is 0 Å². The number of aromatic nitrogens is 2. The third kappa shape index (κ3) is 3.23.